The molecule has 1 aromatic carbocycles. The van der Waals surface area contributed by atoms with Crippen LogP contribution in [0.5, 0.6) is 0 Å². The molecule has 1 saturated heterocycles. The highest BCUT2D eigenvalue weighted by Gasteiger charge is 2.15. The van der Waals surface area contributed by atoms with E-state index in [2.05, 4.69) is 26.6 Å². The minimum absolute atomic E-state index is 0.108. The number of anilines is 1. The summed E-state index contributed by atoms with van der Waals surface area (Å²) in [6, 6.07) is 5.83. The first-order valence-electron chi connectivity index (χ1n) is 6.53. The third-order valence-electron chi connectivity index (χ3n) is 3.13. The van der Waals surface area contributed by atoms with Crippen LogP contribution in [0.2, 0.25) is 0 Å². The Kier molecular flexibility index (Phi) is 5.36. The van der Waals surface area contributed by atoms with E-state index in [0.29, 0.717) is 0 Å². The van der Waals surface area contributed by atoms with Gasteiger partial charge in [0.05, 0.1) is 11.8 Å². The van der Waals surface area contributed by atoms with Gasteiger partial charge in [-0.15, -0.1) is 0 Å². The maximum atomic E-state index is 11.8. The summed E-state index contributed by atoms with van der Waals surface area (Å²) in [7, 11) is 0. The van der Waals surface area contributed by atoms with Crippen molar-refractivity contribution in [1.82, 2.24) is 5.32 Å². The molecule has 5 heteroatoms. The van der Waals surface area contributed by atoms with Crippen molar-refractivity contribution in [1.29, 1.82) is 0 Å². The lowest BCUT2D eigenvalue weighted by Gasteiger charge is -2.22. The summed E-state index contributed by atoms with van der Waals surface area (Å²) in [4.78, 5) is 11.8. The predicted octanol–water partition coefficient (Wildman–Crippen LogP) is 2.46. The second-order valence-electron chi connectivity index (χ2n) is 4.79. The van der Waals surface area contributed by atoms with E-state index >= 15 is 0 Å². The Balaban J connectivity index is 1.80. The number of hydrogen-bond donors (Lipinski definition) is 2. The van der Waals surface area contributed by atoms with Crippen LogP contribution in [0.15, 0.2) is 22.7 Å². The first-order chi connectivity index (χ1) is 9.15. The fourth-order valence-corrected chi connectivity index (χ4v) is 2.66. The summed E-state index contributed by atoms with van der Waals surface area (Å²) in [6.45, 7) is 4.06. The Bertz CT molecular complexity index is 445. The standard InChI is InChI=1S/C14H19BrN2O2/c1-10-2-3-13(12(15)8-10)17-14(18)9-19-11-4-6-16-7-5-11/h2-3,8,11,16H,4-7,9H2,1H3,(H,17,18). The van der Waals surface area contributed by atoms with Crippen molar-refractivity contribution in [3.05, 3.63) is 28.2 Å². The molecule has 19 heavy (non-hydrogen) atoms. The Labute approximate surface area is 122 Å². The maximum absolute atomic E-state index is 11.8. The fourth-order valence-electron chi connectivity index (χ4n) is 2.06. The summed E-state index contributed by atoms with van der Waals surface area (Å²) in [5.74, 6) is -0.108. The summed E-state index contributed by atoms with van der Waals surface area (Å²) in [5.41, 5.74) is 1.93. The van der Waals surface area contributed by atoms with Crippen molar-refractivity contribution in [2.45, 2.75) is 25.9 Å². The van der Waals surface area contributed by atoms with Crippen LogP contribution in [0.3, 0.4) is 0 Å². The van der Waals surface area contributed by atoms with Gasteiger partial charge in [0, 0.05) is 4.47 Å². The van der Waals surface area contributed by atoms with Gasteiger partial charge in [-0.05, 0) is 66.5 Å². The molecule has 0 aromatic heterocycles. The van der Waals surface area contributed by atoms with Crippen molar-refractivity contribution in [3.8, 4) is 0 Å². The van der Waals surface area contributed by atoms with Gasteiger partial charge in [-0.25, -0.2) is 0 Å². The molecule has 0 unspecified atom stereocenters. The van der Waals surface area contributed by atoms with E-state index < -0.39 is 0 Å². The van der Waals surface area contributed by atoms with E-state index in [9.17, 15) is 4.79 Å². The van der Waals surface area contributed by atoms with Gasteiger partial charge in [-0.1, -0.05) is 6.07 Å². The van der Waals surface area contributed by atoms with Crippen LogP contribution in [0.25, 0.3) is 0 Å². The van der Waals surface area contributed by atoms with Crippen molar-refractivity contribution < 1.29 is 9.53 Å². The molecular formula is C14H19BrN2O2. The van der Waals surface area contributed by atoms with E-state index in [1.54, 1.807) is 0 Å². The molecular weight excluding hydrogens is 308 g/mol. The number of nitrogens with one attached hydrogen (secondary N) is 2. The van der Waals surface area contributed by atoms with E-state index in [1.165, 1.54) is 0 Å². The van der Waals surface area contributed by atoms with E-state index in [-0.39, 0.29) is 18.6 Å². The quantitative estimate of drug-likeness (QED) is 0.893. The normalized spacial score (nSPS) is 16.3. The van der Waals surface area contributed by atoms with Crippen molar-refractivity contribution in [2.24, 2.45) is 0 Å². The highest BCUT2D eigenvalue weighted by atomic mass is 79.9. The molecule has 0 spiro atoms. The molecule has 1 aromatic rings. The van der Waals surface area contributed by atoms with Crippen LogP contribution >= 0.6 is 15.9 Å². The Hall–Kier alpha value is -0.910. The van der Waals surface area contributed by atoms with Crippen molar-refractivity contribution in [2.75, 3.05) is 25.0 Å². The maximum Gasteiger partial charge on any atom is 0.250 e. The van der Waals surface area contributed by atoms with Gasteiger partial charge >= 0.3 is 0 Å². The fraction of sp³-hybridized carbons (Fsp3) is 0.500. The molecule has 4 nitrogen and oxygen atoms in total. The summed E-state index contributed by atoms with van der Waals surface area (Å²) < 4.78 is 6.50. The molecule has 1 amide bonds. The highest BCUT2D eigenvalue weighted by Crippen LogP contribution is 2.23. The van der Waals surface area contributed by atoms with Gasteiger partial charge in [0.1, 0.15) is 6.61 Å². The average molecular weight is 327 g/mol. The molecule has 1 heterocycles. The number of carbonyl (C=O) groups excluding carboxylic acids is 1. The number of hydrogen-bond acceptors (Lipinski definition) is 3. The minimum Gasteiger partial charge on any atom is -0.368 e. The third kappa shape index (κ3) is 4.60. The van der Waals surface area contributed by atoms with Crippen LogP contribution in [-0.4, -0.2) is 31.7 Å². The second-order valence-corrected chi connectivity index (χ2v) is 5.65. The lowest BCUT2D eigenvalue weighted by molar-refractivity contribution is -0.123. The zero-order chi connectivity index (χ0) is 13.7. The van der Waals surface area contributed by atoms with Gasteiger partial charge < -0.3 is 15.4 Å². The van der Waals surface area contributed by atoms with Gasteiger partial charge in [0.2, 0.25) is 5.91 Å². The molecule has 104 valence electrons. The Morgan fingerprint density at radius 1 is 1.47 bits per heavy atom. The van der Waals surface area contributed by atoms with Crippen LogP contribution < -0.4 is 10.6 Å². The molecule has 0 radical (unpaired) electrons. The molecule has 1 fully saturated rings. The first-order valence-corrected chi connectivity index (χ1v) is 7.33. The van der Waals surface area contributed by atoms with Gasteiger partial charge in [-0.3, -0.25) is 4.79 Å². The zero-order valence-electron chi connectivity index (χ0n) is 11.0. The molecule has 0 atom stereocenters. The number of amides is 1. The van der Waals surface area contributed by atoms with Crippen molar-refractivity contribution in [3.63, 3.8) is 0 Å². The lowest BCUT2D eigenvalue weighted by Crippen LogP contribution is -2.34. The molecule has 2 N–H and O–H groups in total. The SMILES string of the molecule is Cc1ccc(NC(=O)COC2CCNCC2)c(Br)c1. The van der Waals surface area contributed by atoms with E-state index in [4.69, 9.17) is 4.74 Å². The molecule has 1 aliphatic rings. The number of carbonyl (C=O) groups is 1. The molecule has 0 saturated carbocycles. The summed E-state index contributed by atoms with van der Waals surface area (Å²) in [6.07, 6.45) is 2.15. The largest absolute Gasteiger partial charge is 0.368 e. The summed E-state index contributed by atoms with van der Waals surface area (Å²) in [5, 5.41) is 6.12. The number of piperidine rings is 1. The lowest BCUT2D eigenvalue weighted by atomic mass is 10.1. The van der Waals surface area contributed by atoms with Crippen LogP contribution in [0.4, 0.5) is 5.69 Å². The first kappa shape index (κ1) is 14.5. The average Bonchev–Trinajstić information content (AvgIpc) is 2.41. The smallest absolute Gasteiger partial charge is 0.250 e. The number of aryl methyl sites for hydroxylation is 1. The molecule has 0 bridgehead atoms. The molecule has 1 aliphatic heterocycles. The third-order valence-corrected chi connectivity index (χ3v) is 3.79. The Morgan fingerprint density at radius 3 is 2.89 bits per heavy atom. The van der Waals surface area contributed by atoms with Gasteiger partial charge in [0.25, 0.3) is 0 Å². The van der Waals surface area contributed by atoms with Crippen LogP contribution in [-0.2, 0) is 9.53 Å². The minimum atomic E-state index is -0.108. The van der Waals surface area contributed by atoms with E-state index in [0.717, 1.165) is 41.7 Å². The number of halogens is 1. The number of ether oxygens (including phenoxy) is 1. The monoisotopic (exact) mass is 326 g/mol. The second kappa shape index (κ2) is 7.03. The number of rotatable bonds is 4. The zero-order valence-corrected chi connectivity index (χ0v) is 12.6. The topological polar surface area (TPSA) is 50.4 Å². The molecule has 2 rings (SSSR count). The van der Waals surface area contributed by atoms with E-state index in [1.807, 2.05) is 25.1 Å². The molecule has 0 aliphatic carbocycles. The van der Waals surface area contributed by atoms with Crippen molar-refractivity contribution >= 4 is 27.5 Å². The number of benzene rings is 1. The van der Waals surface area contributed by atoms with Crippen LogP contribution in [0.1, 0.15) is 18.4 Å². The van der Waals surface area contributed by atoms with Crippen LogP contribution in [0, 0.1) is 6.92 Å². The predicted molar refractivity (Wildman–Crippen MR) is 79.4 cm³/mol. The van der Waals surface area contributed by atoms with Gasteiger partial charge in [0.15, 0.2) is 0 Å². The Morgan fingerprint density at radius 2 is 2.21 bits per heavy atom. The van der Waals surface area contributed by atoms with Gasteiger partial charge in [-0.2, -0.15) is 0 Å². The highest BCUT2D eigenvalue weighted by molar-refractivity contribution is 9.10. The summed E-state index contributed by atoms with van der Waals surface area (Å²) >= 11 is 3.44.